The molecule has 12 heavy (non-hydrogen) atoms. The lowest BCUT2D eigenvalue weighted by Crippen LogP contribution is -2.42. The number of primary amides is 1. The zero-order chi connectivity index (χ0) is 9.78. The molecule has 0 aliphatic heterocycles. The van der Waals surface area contributed by atoms with E-state index in [2.05, 4.69) is 5.32 Å². The minimum absolute atomic E-state index is 0.0637. The third-order valence-electron chi connectivity index (χ3n) is 1.95. The van der Waals surface area contributed by atoms with Crippen molar-refractivity contribution < 1.29 is 14.7 Å². The molecule has 4 N–H and O–H groups in total. The second-order valence-electron chi connectivity index (χ2n) is 2.94. The molecule has 0 bridgehead atoms. The molecule has 0 saturated carbocycles. The van der Waals surface area contributed by atoms with Crippen molar-refractivity contribution in [2.45, 2.75) is 20.3 Å². The maximum absolute atomic E-state index is 10.7. The van der Waals surface area contributed by atoms with Crippen molar-refractivity contribution >= 4 is 12.0 Å². The van der Waals surface area contributed by atoms with E-state index in [1.54, 1.807) is 13.8 Å². The first-order valence-electron chi connectivity index (χ1n) is 3.69. The molecule has 0 aliphatic carbocycles. The summed E-state index contributed by atoms with van der Waals surface area (Å²) in [5, 5.41) is 11.0. The van der Waals surface area contributed by atoms with Gasteiger partial charge in [-0.15, -0.1) is 0 Å². The molecule has 2 amide bonds. The van der Waals surface area contributed by atoms with Gasteiger partial charge in [-0.3, -0.25) is 4.79 Å². The highest BCUT2D eigenvalue weighted by Gasteiger charge is 2.30. The zero-order valence-electron chi connectivity index (χ0n) is 7.26. The van der Waals surface area contributed by atoms with Crippen LogP contribution >= 0.6 is 0 Å². The lowest BCUT2D eigenvalue weighted by atomic mass is 9.88. The first-order chi connectivity index (χ1) is 5.42. The maximum atomic E-state index is 10.7. The SMILES string of the molecule is CCC(C)(CNC(N)=O)C(=O)O. The predicted molar refractivity (Wildman–Crippen MR) is 43.6 cm³/mol. The van der Waals surface area contributed by atoms with E-state index in [9.17, 15) is 9.59 Å². The Bertz CT molecular complexity index is 193. The summed E-state index contributed by atoms with van der Waals surface area (Å²) in [6.45, 7) is 3.37. The van der Waals surface area contributed by atoms with Gasteiger partial charge < -0.3 is 16.2 Å². The van der Waals surface area contributed by atoms with E-state index in [1.165, 1.54) is 0 Å². The van der Waals surface area contributed by atoms with Crippen LogP contribution in [0.15, 0.2) is 0 Å². The molecule has 0 aromatic heterocycles. The van der Waals surface area contributed by atoms with E-state index in [1.807, 2.05) is 0 Å². The lowest BCUT2D eigenvalue weighted by Gasteiger charge is -2.22. The lowest BCUT2D eigenvalue weighted by molar-refractivity contribution is -0.147. The summed E-state index contributed by atoms with van der Waals surface area (Å²) >= 11 is 0. The van der Waals surface area contributed by atoms with E-state index in [4.69, 9.17) is 10.8 Å². The number of hydrogen-bond acceptors (Lipinski definition) is 2. The van der Waals surface area contributed by atoms with Gasteiger partial charge in [0.25, 0.3) is 0 Å². The van der Waals surface area contributed by atoms with Crippen LogP contribution in [0.4, 0.5) is 4.79 Å². The van der Waals surface area contributed by atoms with Crippen LogP contribution in [0.1, 0.15) is 20.3 Å². The minimum atomic E-state index is -0.932. The van der Waals surface area contributed by atoms with Crippen LogP contribution in [0.25, 0.3) is 0 Å². The van der Waals surface area contributed by atoms with Crippen LogP contribution in [0.3, 0.4) is 0 Å². The van der Waals surface area contributed by atoms with E-state index in [-0.39, 0.29) is 6.54 Å². The van der Waals surface area contributed by atoms with Gasteiger partial charge in [-0.05, 0) is 13.3 Å². The van der Waals surface area contributed by atoms with Crippen LogP contribution in [-0.4, -0.2) is 23.7 Å². The Kier molecular flexibility index (Phi) is 3.53. The number of urea groups is 1. The van der Waals surface area contributed by atoms with Crippen molar-refractivity contribution in [1.82, 2.24) is 5.32 Å². The molecular formula is C7H14N2O3. The van der Waals surface area contributed by atoms with Gasteiger partial charge in [0.1, 0.15) is 0 Å². The van der Waals surface area contributed by atoms with Crippen LogP contribution in [0.2, 0.25) is 0 Å². The largest absolute Gasteiger partial charge is 0.481 e. The van der Waals surface area contributed by atoms with Crippen molar-refractivity contribution in [1.29, 1.82) is 0 Å². The second kappa shape index (κ2) is 3.94. The number of nitrogens with two attached hydrogens (primary N) is 1. The van der Waals surface area contributed by atoms with Crippen LogP contribution < -0.4 is 11.1 Å². The van der Waals surface area contributed by atoms with Gasteiger partial charge in [0.15, 0.2) is 0 Å². The first-order valence-corrected chi connectivity index (χ1v) is 3.69. The summed E-state index contributed by atoms with van der Waals surface area (Å²) in [4.78, 5) is 21.0. The van der Waals surface area contributed by atoms with Crippen molar-refractivity contribution in [3.8, 4) is 0 Å². The monoisotopic (exact) mass is 174 g/mol. The molecule has 0 saturated heterocycles. The van der Waals surface area contributed by atoms with Crippen molar-refractivity contribution in [2.24, 2.45) is 11.1 Å². The highest BCUT2D eigenvalue weighted by Crippen LogP contribution is 2.19. The molecule has 0 rings (SSSR count). The summed E-state index contributed by atoms with van der Waals surface area (Å²) in [5.74, 6) is -0.932. The molecule has 5 heteroatoms. The summed E-state index contributed by atoms with van der Waals surface area (Å²) < 4.78 is 0. The summed E-state index contributed by atoms with van der Waals surface area (Å²) in [5.41, 5.74) is 3.89. The van der Waals surface area contributed by atoms with E-state index >= 15 is 0 Å². The normalized spacial score (nSPS) is 14.8. The summed E-state index contributed by atoms with van der Waals surface area (Å²) in [6.07, 6.45) is 0.447. The molecule has 0 heterocycles. The molecule has 5 nitrogen and oxygen atoms in total. The topological polar surface area (TPSA) is 92.4 Å². The molecule has 0 aliphatic rings. The standard InChI is InChI=1S/C7H14N2O3/c1-3-7(2,5(10)11)4-9-6(8)12/h3-4H2,1-2H3,(H,10,11)(H3,8,9,12). The molecule has 70 valence electrons. The minimum Gasteiger partial charge on any atom is -0.481 e. The Balaban J connectivity index is 4.15. The molecule has 1 unspecified atom stereocenters. The van der Waals surface area contributed by atoms with Gasteiger partial charge in [0, 0.05) is 6.54 Å². The fourth-order valence-corrected chi connectivity index (χ4v) is 0.634. The Hall–Kier alpha value is -1.26. The highest BCUT2D eigenvalue weighted by atomic mass is 16.4. The van der Waals surface area contributed by atoms with Crippen LogP contribution in [0, 0.1) is 5.41 Å². The number of carboxylic acids is 1. The van der Waals surface area contributed by atoms with E-state index in [0.29, 0.717) is 6.42 Å². The van der Waals surface area contributed by atoms with Crippen LogP contribution in [-0.2, 0) is 4.79 Å². The summed E-state index contributed by atoms with van der Waals surface area (Å²) in [6, 6.07) is -0.698. The number of aliphatic carboxylic acids is 1. The Morgan fingerprint density at radius 3 is 2.33 bits per heavy atom. The quantitative estimate of drug-likeness (QED) is 0.566. The van der Waals surface area contributed by atoms with E-state index < -0.39 is 17.4 Å². The number of rotatable bonds is 4. The number of nitrogens with one attached hydrogen (secondary N) is 1. The molecule has 0 spiro atoms. The third-order valence-corrected chi connectivity index (χ3v) is 1.95. The molecule has 0 radical (unpaired) electrons. The predicted octanol–water partition coefficient (Wildman–Crippen LogP) is 0.156. The zero-order valence-corrected chi connectivity index (χ0v) is 7.26. The molecule has 0 aromatic carbocycles. The number of hydrogen-bond donors (Lipinski definition) is 3. The number of carboxylic acid groups (broad SMARTS) is 1. The van der Waals surface area contributed by atoms with Crippen molar-refractivity contribution in [3.63, 3.8) is 0 Å². The Morgan fingerprint density at radius 1 is 1.58 bits per heavy atom. The smallest absolute Gasteiger partial charge is 0.312 e. The van der Waals surface area contributed by atoms with Crippen molar-refractivity contribution in [2.75, 3.05) is 6.54 Å². The molecular weight excluding hydrogens is 160 g/mol. The number of carbonyl (C=O) groups is 2. The number of carbonyl (C=O) groups excluding carboxylic acids is 1. The molecule has 1 atom stereocenters. The maximum Gasteiger partial charge on any atom is 0.312 e. The van der Waals surface area contributed by atoms with Gasteiger partial charge in [-0.1, -0.05) is 6.92 Å². The fraction of sp³-hybridized carbons (Fsp3) is 0.714. The molecule has 0 aromatic rings. The van der Waals surface area contributed by atoms with E-state index in [0.717, 1.165) is 0 Å². The molecule has 0 fully saturated rings. The highest BCUT2D eigenvalue weighted by molar-refractivity contribution is 5.76. The van der Waals surface area contributed by atoms with Gasteiger partial charge in [0.05, 0.1) is 5.41 Å². The third kappa shape index (κ3) is 2.77. The average Bonchev–Trinajstić information content (AvgIpc) is 1.99. The van der Waals surface area contributed by atoms with Gasteiger partial charge in [-0.2, -0.15) is 0 Å². The van der Waals surface area contributed by atoms with Gasteiger partial charge >= 0.3 is 12.0 Å². The van der Waals surface area contributed by atoms with Crippen molar-refractivity contribution in [3.05, 3.63) is 0 Å². The fourth-order valence-electron chi connectivity index (χ4n) is 0.634. The van der Waals surface area contributed by atoms with Crippen LogP contribution in [0.5, 0.6) is 0 Å². The number of amides is 2. The first kappa shape index (κ1) is 10.7. The van der Waals surface area contributed by atoms with Gasteiger partial charge in [0.2, 0.25) is 0 Å². The Morgan fingerprint density at radius 2 is 2.08 bits per heavy atom. The summed E-state index contributed by atoms with van der Waals surface area (Å²) in [7, 11) is 0. The Labute approximate surface area is 70.9 Å². The van der Waals surface area contributed by atoms with Gasteiger partial charge in [-0.25, -0.2) is 4.79 Å². The second-order valence-corrected chi connectivity index (χ2v) is 2.94. The average molecular weight is 174 g/mol.